The van der Waals surface area contributed by atoms with Crippen LogP contribution in [0, 0.1) is 24.4 Å². The van der Waals surface area contributed by atoms with Crippen LogP contribution in [-0.4, -0.2) is 14.5 Å². The first kappa shape index (κ1) is 14.6. The van der Waals surface area contributed by atoms with Gasteiger partial charge in [0.05, 0.1) is 29.3 Å². The Morgan fingerprint density at radius 1 is 1.00 bits per heavy atom. The smallest absolute Gasteiger partial charge is 0.138 e. The van der Waals surface area contributed by atoms with E-state index in [0.717, 1.165) is 0 Å². The predicted octanol–water partition coefficient (Wildman–Crippen LogP) is 4.31. The van der Waals surface area contributed by atoms with Crippen molar-refractivity contribution in [3.8, 4) is 16.9 Å². The van der Waals surface area contributed by atoms with E-state index in [-0.39, 0.29) is 11.3 Å². The summed E-state index contributed by atoms with van der Waals surface area (Å²) < 4.78 is 42.6. The molecule has 0 atom stereocenters. The van der Waals surface area contributed by atoms with E-state index in [4.69, 9.17) is 11.6 Å². The van der Waals surface area contributed by atoms with E-state index in [1.165, 1.54) is 17.0 Å². The van der Waals surface area contributed by atoms with E-state index in [9.17, 15) is 13.2 Å². The van der Waals surface area contributed by atoms with Crippen molar-refractivity contribution in [1.82, 2.24) is 14.5 Å². The van der Waals surface area contributed by atoms with Crippen LogP contribution < -0.4 is 0 Å². The monoisotopic (exact) mass is 323 g/mol. The molecule has 0 unspecified atom stereocenters. The fourth-order valence-electron chi connectivity index (χ4n) is 2.23. The first-order valence-electron chi connectivity index (χ1n) is 6.28. The highest BCUT2D eigenvalue weighted by Gasteiger charge is 2.19. The fraction of sp³-hybridized carbons (Fsp3) is 0.0667. The second-order valence-corrected chi connectivity index (χ2v) is 5.00. The summed E-state index contributed by atoms with van der Waals surface area (Å²) >= 11 is 5.74. The topological polar surface area (TPSA) is 30.7 Å². The number of hydrogen-bond acceptors (Lipinski definition) is 2. The molecule has 0 fully saturated rings. The lowest BCUT2D eigenvalue weighted by molar-refractivity contribution is 0.547. The number of benzene rings is 1. The molecule has 3 rings (SSSR count). The van der Waals surface area contributed by atoms with Gasteiger partial charge < -0.3 is 0 Å². The van der Waals surface area contributed by atoms with E-state index in [2.05, 4.69) is 9.97 Å². The molecule has 0 amide bonds. The zero-order chi connectivity index (χ0) is 15.9. The summed E-state index contributed by atoms with van der Waals surface area (Å²) in [5.74, 6) is -2.47. The van der Waals surface area contributed by atoms with Gasteiger partial charge in [-0.15, -0.1) is 0 Å². The summed E-state index contributed by atoms with van der Waals surface area (Å²) in [5.41, 5.74) is 0.353. The number of aromatic nitrogens is 3. The molecule has 7 heteroatoms. The molecule has 22 heavy (non-hydrogen) atoms. The molecule has 1 aromatic carbocycles. The van der Waals surface area contributed by atoms with Crippen LogP contribution in [0.2, 0.25) is 5.15 Å². The van der Waals surface area contributed by atoms with Crippen LogP contribution >= 0.6 is 11.6 Å². The molecule has 0 aliphatic heterocycles. The quantitative estimate of drug-likeness (QED) is 0.658. The SMILES string of the molecule is Cc1ncc(-c2c(F)cc(F)cc2F)n1-c1ccc(Cl)nc1. The van der Waals surface area contributed by atoms with Gasteiger partial charge in [-0.05, 0) is 19.1 Å². The largest absolute Gasteiger partial charge is 0.295 e. The van der Waals surface area contributed by atoms with Gasteiger partial charge in [0.1, 0.15) is 28.4 Å². The molecule has 3 aromatic rings. The molecule has 2 aromatic heterocycles. The van der Waals surface area contributed by atoms with E-state index in [1.807, 2.05) is 0 Å². The molecule has 0 aliphatic rings. The number of rotatable bonds is 2. The minimum absolute atomic E-state index is 0.164. The lowest BCUT2D eigenvalue weighted by atomic mass is 10.1. The van der Waals surface area contributed by atoms with Crippen molar-refractivity contribution in [3.63, 3.8) is 0 Å². The Hall–Kier alpha value is -2.34. The van der Waals surface area contributed by atoms with Gasteiger partial charge in [-0.1, -0.05) is 11.6 Å². The molecule has 0 aliphatic carbocycles. The molecular weight excluding hydrogens is 315 g/mol. The normalized spacial score (nSPS) is 11.0. The first-order valence-corrected chi connectivity index (χ1v) is 6.66. The third kappa shape index (κ3) is 2.46. The highest BCUT2D eigenvalue weighted by molar-refractivity contribution is 6.29. The van der Waals surface area contributed by atoms with Crippen molar-refractivity contribution in [1.29, 1.82) is 0 Å². The Morgan fingerprint density at radius 2 is 1.68 bits per heavy atom. The van der Waals surface area contributed by atoms with Gasteiger partial charge in [0.25, 0.3) is 0 Å². The van der Waals surface area contributed by atoms with Gasteiger partial charge >= 0.3 is 0 Å². The van der Waals surface area contributed by atoms with Crippen molar-refractivity contribution < 1.29 is 13.2 Å². The number of pyridine rings is 1. The van der Waals surface area contributed by atoms with E-state index >= 15 is 0 Å². The summed E-state index contributed by atoms with van der Waals surface area (Å²) in [7, 11) is 0. The Balaban J connectivity index is 2.24. The van der Waals surface area contributed by atoms with Gasteiger partial charge in [-0.25, -0.2) is 23.1 Å². The van der Waals surface area contributed by atoms with Crippen LogP contribution in [0.3, 0.4) is 0 Å². The third-order valence-electron chi connectivity index (χ3n) is 3.17. The summed E-state index contributed by atoms with van der Waals surface area (Å²) in [6.45, 7) is 1.68. The number of imidazole rings is 1. The number of aryl methyl sites for hydroxylation is 1. The molecule has 2 heterocycles. The molecule has 0 spiro atoms. The summed E-state index contributed by atoms with van der Waals surface area (Å²) in [6.07, 6.45) is 2.78. The first-order chi connectivity index (χ1) is 10.5. The average Bonchev–Trinajstić information content (AvgIpc) is 2.80. The van der Waals surface area contributed by atoms with Crippen LogP contribution in [0.5, 0.6) is 0 Å². The Labute approximate surface area is 129 Å². The lowest BCUT2D eigenvalue weighted by Crippen LogP contribution is -2.03. The highest BCUT2D eigenvalue weighted by Crippen LogP contribution is 2.30. The van der Waals surface area contributed by atoms with Gasteiger partial charge in [0.2, 0.25) is 0 Å². The molecule has 0 saturated heterocycles. The van der Waals surface area contributed by atoms with Crippen molar-refractivity contribution in [2.75, 3.05) is 0 Å². The zero-order valence-corrected chi connectivity index (χ0v) is 12.1. The van der Waals surface area contributed by atoms with Crippen molar-refractivity contribution in [2.24, 2.45) is 0 Å². The van der Waals surface area contributed by atoms with Gasteiger partial charge in [-0.2, -0.15) is 0 Å². The summed E-state index contributed by atoms with van der Waals surface area (Å²) in [6, 6.07) is 4.46. The molecule has 0 N–H and O–H groups in total. The molecule has 0 radical (unpaired) electrons. The van der Waals surface area contributed by atoms with Crippen LogP contribution in [0.15, 0.2) is 36.7 Å². The maximum absolute atomic E-state index is 14.0. The fourth-order valence-corrected chi connectivity index (χ4v) is 2.35. The molecule has 0 bridgehead atoms. The molecule has 3 nitrogen and oxygen atoms in total. The average molecular weight is 324 g/mol. The highest BCUT2D eigenvalue weighted by atomic mass is 35.5. The molecular formula is C15H9ClF3N3. The summed E-state index contributed by atoms with van der Waals surface area (Å²) in [5, 5.41) is 0.294. The zero-order valence-electron chi connectivity index (χ0n) is 11.3. The van der Waals surface area contributed by atoms with E-state index in [1.54, 1.807) is 19.1 Å². The van der Waals surface area contributed by atoms with Crippen molar-refractivity contribution >= 4 is 11.6 Å². The number of hydrogen-bond donors (Lipinski definition) is 0. The number of nitrogens with zero attached hydrogens (tertiary/aromatic N) is 3. The van der Waals surface area contributed by atoms with Crippen LogP contribution in [0.4, 0.5) is 13.2 Å². The van der Waals surface area contributed by atoms with E-state index < -0.39 is 17.5 Å². The standard InChI is InChI=1S/C15H9ClF3N3/c1-8-20-7-13(15-11(18)4-9(17)5-12(15)19)22(8)10-2-3-14(16)21-6-10/h2-7H,1H3. The minimum atomic E-state index is -0.999. The second kappa shape index (κ2) is 5.46. The lowest BCUT2D eigenvalue weighted by Gasteiger charge is -2.11. The Bertz CT molecular complexity index is 821. The van der Waals surface area contributed by atoms with Crippen LogP contribution in [-0.2, 0) is 0 Å². The molecule has 0 saturated carbocycles. The number of halogens is 4. The minimum Gasteiger partial charge on any atom is -0.295 e. The summed E-state index contributed by atoms with van der Waals surface area (Å²) in [4.78, 5) is 8.01. The van der Waals surface area contributed by atoms with Crippen LogP contribution in [0.1, 0.15) is 5.82 Å². The predicted molar refractivity (Wildman–Crippen MR) is 76.4 cm³/mol. The van der Waals surface area contributed by atoms with Crippen molar-refractivity contribution in [2.45, 2.75) is 6.92 Å². The van der Waals surface area contributed by atoms with Crippen LogP contribution in [0.25, 0.3) is 16.9 Å². The van der Waals surface area contributed by atoms with Gasteiger partial charge in [0.15, 0.2) is 0 Å². The second-order valence-electron chi connectivity index (χ2n) is 4.61. The Morgan fingerprint density at radius 3 is 2.27 bits per heavy atom. The van der Waals surface area contributed by atoms with Gasteiger partial charge in [-0.3, -0.25) is 4.57 Å². The maximum Gasteiger partial charge on any atom is 0.138 e. The Kier molecular flexibility index (Phi) is 3.62. The van der Waals surface area contributed by atoms with Crippen molar-refractivity contribution in [3.05, 3.63) is 65.1 Å². The van der Waals surface area contributed by atoms with Gasteiger partial charge in [0, 0.05) is 12.1 Å². The third-order valence-corrected chi connectivity index (χ3v) is 3.39. The van der Waals surface area contributed by atoms with E-state index in [0.29, 0.717) is 28.8 Å². The maximum atomic E-state index is 14.0. The molecule has 112 valence electrons.